The predicted octanol–water partition coefficient (Wildman–Crippen LogP) is 3.16. The maximum atomic E-state index is 5.80. The Balaban J connectivity index is 0.00000220. The molecule has 6 heteroatoms. The summed E-state index contributed by atoms with van der Waals surface area (Å²) in [6.45, 7) is 6.45. The van der Waals surface area contributed by atoms with Crippen LogP contribution in [0.4, 0.5) is 0 Å². The van der Waals surface area contributed by atoms with Crippen molar-refractivity contribution >= 4 is 29.9 Å². The molecule has 3 N–H and O–H groups in total. The zero-order chi connectivity index (χ0) is 14.6. The van der Waals surface area contributed by atoms with Crippen LogP contribution in [0.1, 0.15) is 26.5 Å². The molecule has 0 amide bonds. The van der Waals surface area contributed by atoms with Crippen LogP contribution < -0.4 is 11.1 Å². The Labute approximate surface area is 142 Å². The SMILES string of the molecule is CC(C)(C)NC(N)=NCc1cc(-c2ccccc2)no1.I. The van der Waals surface area contributed by atoms with E-state index in [1.54, 1.807) is 0 Å². The molecule has 0 aliphatic rings. The quantitative estimate of drug-likeness (QED) is 0.472. The highest BCUT2D eigenvalue weighted by atomic mass is 127. The number of aliphatic imine (C=N–C) groups is 1. The summed E-state index contributed by atoms with van der Waals surface area (Å²) >= 11 is 0. The van der Waals surface area contributed by atoms with Gasteiger partial charge in [-0.2, -0.15) is 0 Å². The molecular formula is C15H21IN4O. The topological polar surface area (TPSA) is 76.4 Å². The first-order chi connectivity index (χ1) is 9.44. The van der Waals surface area contributed by atoms with Gasteiger partial charge in [0.2, 0.25) is 0 Å². The second-order valence-electron chi connectivity index (χ2n) is 5.62. The van der Waals surface area contributed by atoms with E-state index in [1.165, 1.54) is 0 Å². The standard InChI is InChI=1S/C15H20N4O.HI/c1-15(2,3)18-14(16)17-10-12-9-13(19-20-12)11-7-5-4-6-8-11;/h4-9H,10H2,1-3H3,(H3,16,17,18);1H. The number of guanidine groups is 1. The molecule has 0 unspecified atom stereocenters. The first-order valence-corrected chi connectivity index (χ1v) is 6.53. The molecule has 0 saturated heterocycles. The Morgan fingerprint density at radius 2 is 1.95 bits per heavy atom. The highest BCUT2D eigenvalue weighted by Gasteiger charge is 2.10. The van der Waals surface area contributed by atoms with Gasteiger partial charge in [-0.1, -0.05) is 35.5 Å². The molecule has 1 aromatic carbocycles. The second kappa shape index (κ2) is 7.44. The Kier molecular flexibility index (Phi) is 6.19. The van der Waals surface area contributed by atoms with Crippen molar-refractivity contribution in [1.82, 2.24) is 10.5 Å². The molecule has 0 aliphatic carbocycles. The predicted molar refractivity (Wildman–Crippen MR) is 95.6 cm³/mol. The van der Waals surface area contributed by atoms with Gasteiger partial charge in [0, 0.05) is 17.2 Å². The number of benzene rings is 1. The van der Waals surface area contributed by atoms with Gasteiger partial charge in [0.1, 0.15) is 12.2 Å². The molecule has 0 bridgehead atoms. The molecule has 0 aliphatic heterocycles. The van der Waals surface area contributed by atoms with Gasteiger partial charge in [0.25, 0.3) is 0 Å². The average molecular weight is 400 g/mol. The van der Waals surface area contributed by atoms with Crippen LogP contribution in [0.15, 0.2) is 45.9 Å². The number of rotatable bonds is 3. The van der Waals surface area contributed by atoms with Crippen LogP contribution in [0.2, 0.25) is 0 Å². The molecule has 0 radical (unpaired) electrons. The zero-order valence-electron chi connectivity index (χ0n) is 12.5. The lowest BCUT2D eigenvalue weighted by atomic mass is 10.1. The van der Waals surface area contributed by atoms with E-state index in [0.29, 0.717) is 18.3 Å². The number of nitrogens with zero attached hydrogens (tertiary/aromatic N) is 2. The molecule has 0 saturated carbocycles. The summed E-state index contributed by atoms with van der Waals surface area (Å²) in [5.41, 5.74) is 7.52. The lowest BCUT2D eigenvalue weighted by Gasteiger charge is -2.20. The van der Waals surface area contributed by atoms with E-state index in [9.17, 15) is 0 Å². The molecule has 114 valence electrons. The second-order valence-corrected chi connectivity index (χ2v) is 5.62. The minimum absolute atomic E-state index is 0. The summed E-state index contributed by atoms with van der Waals surface area (Å²) < 4.78 is 5.26. The van der Waals surface area contributed by atoms with Crippen LogP contribution in [0.3, 0.4) is 0 Å². The van der Waals surface area contributed by atoms with E-state index in [1.807, 2.05) is 57.2 Å². The summed E-state index contributed by atoms with van der Waals surface area (Å²) in [6.07, 6.45) is 0. The zero-order valence-corrected chi connectivity index (χ0v) is 14.8. The van der Waals surface area contributed by atoms with Crippen molar-refractivity contribution < 1.29 is 4.52 Å². The molecule has 5 nitrogen and oxygen atoms in total. The third-order valence-electron chi connectivity index (χ3n) is 2.54. The van der Waals surface area contributed by atoms with E-state index in [4.69, 9.17) is 10.3 Å². The third-order valence-corrected chi connectivity index (χ3v) is 2.54. The van der Waals surface area contributed by atoms with Crippen LogP contribution in [-0.2, 0) is 6.54 Å². The van der Waals surface area contributed by atoms with Crippen molar-refractivity contribution in [3.05, 3.63) is 42.2 Å². The molecule has 0 spiro atoms. The van der Waals surface area contributed by atoms with Crippen LogP contribution in [0.5, 0.6) is 0 Å². The van der Waals surface area contributed by atoms with Gasteiger partial charge in [0.05, 0.1) is 0 Å². The lowest BCUT2D eigenvalue weighted by molar-refractivity contribution is 0.386. The number of halogens is 1. The molecule has 0 atom stereocenters. The largest absolute Gasteiger partial charge is 0.370 e. The van der Waals surface area contributed by atoms with Gasteiger partial charge < -0.3 is 15.6 Å². The van der Waals surface area contributed by atoms with Crippen molar-refractivity contribution in [2.45, 2.75) is 32.9 Å². The lowest BCUT2D eigenvalue weighted by Crippen LogP contribution is -2.44. The third kappa shape index (κ3) is 5.74. The number of aromatic nitrogens is 1. The fourth-order valence-electron chi connectivity index (χ4n) is 1.72. The Morgan fingerprint density at radius 1 is 1.29 bits per heavy atom. The number of nitrogens with two attached hydrogens (primary N) is 1. The Hall–Kier alpha value is -1.57. The first kappa shape index (κ1) is 17.5. The fraction of sp³-hybridized carbons (Fsp3) is 0.333. The summed E-state index contributed by atoms with van der Waals surface area (Å²) in [4.78, 5) is 4.24. The van der Waals surface area contributed by atoms with Crippen molar-refractivity contribution in [2.75, 3.05) is 0 Å². The minimum atomic E-state index is -0.107. The van der Waals surface area contributed by atoms with Crippen LogP contribution in [0, 0.1) is 0 Å². The maximum Gasteiger partial charge on any atom is 0.189 e. The minimum Gasteiger partial charge on any atom is -0.370 e. The monoisotopic (exact) mass is 400 g/mol. The molecule has 0 fully saturated rings. The fourth-order valence-corrected chi connectivity index (χ4v) is 1.72. The molecule has 21 heavy (non-hydrogen) atoms. The first-order valence-electron chi connectivity index (χ1n) is 6.53. The van der Waals surface area contributed by atoms with Crippen LogP contribution >= 0.6 is 24.0 Å². The van der Waals surface area contributed by atoms with Crippen LogP contribution in [0.25, 0.3) is 11.3 Å². The van der Waals surface area contributed by atoms with E-state index in [2.05, 4.69) is 15.5 Å². The highest BCUT2D eigenvalue weighted by molar-refractivity contribution is 14.0. The van der Waals surface area contributed by atoms with Crippen molar-refractivity contribution in [3.63, 3.8) is 0 Å². The van der Waals surface area contributed by atoms with E-state index in [0.717, 1.165) is 11.3 Å². The Morgan fingerprint density at radius 3 is 2.57 bits per heavy atom. The van der Waals surface area contributed by atoms with Gasteiger partial charge in [0.15, 0.2) is 11.7 Å². The van der Waals surface area contributed by atoms with Gasteiger partial charge in [-0.3, -0.25) is 0 Å². The molecule has 1 heterocycles. The number of hydrogen-bond donors (Lipinski definition) is 2. The van der Waals surface area contributed by atoms with E-state index >= 15 is 0 Å². The van der Waals surface area contributed by atoms with Gasteiger partial charge >= 0.3 is 0 Å². The van der Waals surface area contributed by atoms with Gasteiger partial charge in [-0.15, -0.1) is 24.0 Å². The number of nitrogens with one attached hydrogen (secondary N) is 1. The average Bonchev–Trinajstić information content (AvgIpc) is 2.84. The Bertz CT molecular complexity index is 587. The van der Waals surface area contributed by atoms with Crippen molar-refractivity contribution in [2.24, 2.45) is 10.7 Å². The van der Waals surface area contributed by atoms with E-state index in [-0.39, 0.29) is 29.5 Å². The van der Waals surface area contributed by atoms with Gasteiger partial charge in [-0.05, 0) is 20.8 Å². The van der Waals surface area contributed by atoms with Crippen molar-refractivity contribution in [1.29, 1.82) is 0 Å². The molecule has 2 rings (SSSR count). The maximum absolute atomic E-state index is 5.80. The smallest absolute Gasteiger partial charge is 0.189 e. The number of hydrogen-bond acceptors (Lipinski definition) is 3. The van der Waals surface area contributed by atoms with E-state index < -0.39 is 0 Å². The van der Waals surface area contributed by atoms with Gasteiger partial charge in [-0.25, -0.2) is 4.99 Å². The molecular weight excluding hydrogens is 379 g/mol. The molecule has 1 aromatic heterocycles. The summed E-state index contributed by atoms with van der Waals surface area (Å²) in [7, 11) is 0. The normalized spacial score (nSPS) is 11.9. The summed E-state index contributed by atoms with van der Waals surface area (Å²) in [5.74, 6) is 1.08. The summed E-state index contributed by atoms with van der Waals surface area (Å²) in [6, 6.07) is 11.7. The highest BCUT2D eigenvalue weighted by Crippen LogP contribution is 2.18. The van der Waals surface area contributed by atoms with Crippen molar-refractivity contribution in [3.8, 4) is 11.3 Å². The van der Waals surface area contributed by atoms with Crippen LogP contribution in [-0.4, -0.2) is 16.7 Å². The molecule has 2 aromatic rings. The summed E-state index contributed by atoms with van der Waals surface area (Å²) in [5, 5.41) is 7.13.